The van der Waals surface area contributed by atoms with E-state index in [1.165, 1.54) is 32.7 Å². The highest BCUT2D eigenvalue weighted by molar-refractivity contribution is 7.99. The molecule has 0 bridgehead atoms. The first kappa shape index (κ1) is 47.9. The number of aliphatic carboxylic acids is 1. The summed E-state index contributed by atoms with van der Waals surface area (Å²) >= 11 is 7.33. The van der Waals surface area contributed by atoms with Crippen LogP contribution in [0, 0.1) is 0 Å². The molecule has 2 heterocycles. The van der Waals surface area contributed by atoms with Crippen LogP contribution in [-0.4, -0.2) is 63.2 Å². The van der Waals surface area contributed by atoms with E-state index >= 15 is 0 Å². The molecular formula is C53H49N5O7S2-2. The van der Waals surface area contributed by atoms with Gasteiger partial charge in [0.05, 0.1) is 29.6 Å². The largest absolute Gasteiger partial charge is 0.548 e. The highest BCUT2D eigenvalue weighted by Gasteiger charge is 2.24. The quantitative estimate of drug-likeness (QED) is 0.0957. The Bertz CT molecular complexity index is 3120. The second-order valence-electron chi connectivity index (χ2n) is 15.9. The van der Waals surface area contributed by atoms with E-state index in [9.17, 15) is 24.6 Å². The minimum absolute atomic E-state index is 0.00724. The van der Waals surface area contributed by atoms with Crippen LogP contribution in [0.4, 0.5) is 11.4 Å². The second kappa shape index (κ2) is 21.9. The third-order valence-electron chi connectivity index (χ3n) is 10.9. The molecule has 2 aliphatic rings. The Balaban J connectivity index is 0.000000219. The number of carboxylic acids is 2. The zero-order valence-corrected chi connectivity index (χ0v) is 39.0. The molecule has 0 fully saturated rings. The molecular weight excluding hydrogens is 883 g/mol. The highest BCUT2D eigenvalue weighted by atomic mass is 32.2. The van der Waals surface area contributed by atoms with E-state index in [1.807, 2.05) is 49.5 Å². The van der Waals surface area contributed by atoms with Crippen LogP contribution >= 0.6 is 24.0 Å². The summed E-state index contributed by atoms with van der Waals surface area (Å²) in [6.45, 7) is 11.1. The average molecular weight is 932 g/mol. The molecule has 6 aromatic carbocycles. The SMILES string of the molecule is C=c1ccc2c(c1)Oc1cc(CNC)ccc1C=2c1cc(C(=S)NCCNC(=O)COCC(=O)[O-])ccc1C(=O)[O-].C=c1ccc2c(c1)Sc1cc(N(C)Cc3cccc(CC)c3)ccc1N=2. The minimum atomic E-state index is -1.41. The summed E-state index contributed by atoms with van der Waals surface area (Å²) in [5, 5.41) is 34.8. The van der Waals surface area contributed by atoms with Crippen molar-refractivity contribution in [3.05, 3.63) is 175 Å². The number of hydrogen-bond acceptors (Lipinski definition) is 12. The first-order valence-electron chi connectivity index (χ1n) is 21.6. The maximum Gasteiger partial charge on any atom is 0.246 e. The summed E-state index contributed by atoms with van der Waals surface area (Å²) in [7, 11) is 3.99. The molecule has 0 saturated carbocycles. The fraction of sp³-hybridized carbons (Fsp3) is 0.189. The number of nitrogens with one attached hydrogen (secondary N) is 3. The van der Waals surface area contributed by atoms with Crippen LogP contribution in [0.1, 0.15) is 50.7 Å². The van der Waals surface area contributed by atoms with Crippen molar-refractivity contribution in [1.82, 2.24) is 16.0 Å². The number of thiocarbonyl (C=S) groups is 1. The number of amides is 1. The number of carboxylic acid groups (broad SMARTS) is 2. The smallest absolute Gasteiger partial charge is 0.246 e. The Labute approximate surface area is 398 Å². The van der Waals surface area contributed by atoms with E-state index in [0.717, 1.165) is 45.6 Å². The van der Waals surface area contributed by atoms with E-state index in [0.29, 0.717) is 45.0 Å². The van der Waals surface area contributed by atoms with Gasteiger partial charge in [0.2, 0.25) is 5.91 Å². The van der Waals surface area contributed by atoms with E-state index < -0.39 is 31.1 Å². The maximum atomic E-state index is 12.2. The highest BCUT2D eigenvalue weighted by Crippen LogP contribution is 2.40. The lowest BCUT2D eigenvalue weighted by Gasteiger charge is -2.24. The van der Waals surface area contributed by atoms with Crippen molar-refractivity contribution >= 4 is 76.9 Å². The van der Waals surface area contributed by atoms with Crippen LogP contribution in [0.2, 0.25) is 0 Å². The lowest BCUT2D eigenvalue weighted by Crippen LogP contribution is -2.37. The molecule has 342 valence electrons. The minimum Gasteiger partial charge on any atom is -0.548 e. The number of carbonyl (C=O) groups is 3. The van der Waals surface area contributed by atoms with Gasteiger partial charge in [0.1, 0.15) is 23.1 Å². The molecule has 2 aliphatic heterocycles. The van der Waals surface area contributed by atoms with Gasteiger partial charge in [0.15, 0.2) is 0 Å². The summed E-state index contributed by atoms with van der Waals surface area (Å²) in [6.07, 6.45) is 1.07. The molecule has 1 amide bonds. The molecule has 0 aliphatic carbocycles. The van der Waals surface area contributed by atoms with Gasteiger partial charge in [-0.25, -0.2) is 4.99 Å². The number of ether oxygens (including phenoxy) is 2. The van der Waals surface area contributed by atoms with Crippen molar-refractivity contribution < 1.29 is 34.1 Å². The molecule has 0 radical (unpaired) electrons. The maximum absolute atomic E-state index is 12.2. The Hall–Kier alpha value is -7.10. The lowest BCUT2D eigenvalue weighted by molar-refractivity contribution is -0.309. The second-order valence-corrected chi connectivity index (χ2v) is 17.4. The first-order valence-corrected chi connectivity index (χ1v) is 22.8. The van der Waals surface area contributed by atoms with Gasteiger partial charge in [-0.05, 0) is 94.7 Å². The molecule has 8 rings (SSSR count). The zero-order valence-electron chi connectivity index (χ0n) is 37.4. The van der Waals surface area contributed by atoms with Crippen LogP contribution in [0.25, 0.3) is 18.7 Å². The average Bonchev–Trinajstić information content (AvgIpc) is 3.31. The van der Waals surface area contributed by atoms with Gasteiger partial charge >= 0.3 is 0 Å². The van der Waals surface area contributed by atoms with E-state index in [-0.39, 0.29) is 18.7 Å². The topological polar surface area (TPSA) is 167 Å². The van der Waals surface area contributed by atoms with Crippen molar-refractivity contribution in [1.29, 1.82) is 0 Å². The number of fused-ring (bicyclic) bond motifs is 4. The molecule has 14 heteroatoms. The fourth-order valence-electron chi connectivity index (χ4n) is 7.62. The number of nitrogens with zero attached hydrogens (tertiary/aromatic N) is 2. The van der Waals surface area contributed by atoms with Gasteiger partial charge in [0.25, 0.3) is 0 Å². The molecule has 6 aromatic rings. The van der Waals surface area contributed by atoms with Crippen LogP contribution in [0.3, 0.4) is 0 Å². The fourth-order valence-corrected chi connectivity index (χ4v) is 8.91. The molecule has 0 saturated heterocycles. The molecule has 12 nitrogen and oxygen atoms in total. The standard InChI is InChI=1S/C30H29N3O7S.C23H22N2S/c1-17-3-6-21-24(11-17)40-25-12-18(14-31-2)4-7-22(25)28(21)23-13-19(5-8-20(23)30(37)38)29(41)33-10-9-32-26(34)15-39-16-27(35)36;1-4-17-6-5-7-18(13-17)15-25(3)19-9-11-21-23(14-19)26-22-12-16(2)8-10-20(22)24-21/h3-8,11-13,31H,1,9-10,14-16H2,2H3,(H,32,34)(H,33,41)(H,35,36)(H,37,38);5-14H,2,4,15H2,1,3H3/p-2. The van der Waals surface area contributed by atoms with Crippen molar-refractivity contribution in [3.8, 4) is 11.5 Å². The molecule has 0 atom stereocenters. The van der Waals surface area contributed by atoms with Crippen LogP contribution in [-0.2, 0) is 33.8 Å². The third kappa shape index (κ3) is 12.0. The predicted molar refractivity (Wildman–Crippen MR) is 262 cm³/mol. The summed E-state index contributed by atoms with van der Waals surface area (Å²) < 4.78 is 10.9. The van der Waals surface area contributed by atoms with Crippen molar-refractivity contribution in [3.63, 3.8) is 0 Å². The van der Waals surface area contributed by atoms with Gasteiger partial charge in [-0.3, -0.25) is 4.79 Å². The van der Waals surface area contributed by atoms with Gasteiger partial charge in [-0.2, -0.15) is 0 Å². The number of aromatic carboxylic acids is 1. The number of carbonyl (C=O) groups excluding carboxylic acids is 3. The van der Waals surface area contributed by atoms with Gasteiger partial charge in [-0.15, -0.1) is 0 Å². The van der Waals surface area contributed by atoms with Crippen LogP contribution < -0.4 is 56.8 Å². The van der Waals surface area contributed by atoms with Gasteiger partial charge in [0, 0.05) is 76.2 Å². The van der Waals surface area contributed by atoms with Crippen molar-refractivity contribution in [2.45, 2.75) is 36.2 Å². The summed E-state index contributed by atoms with van der Waals surface area (Å²) in [5.41, 5.74) is 8.32. The number of hydrogen-bond donors (Lipinski definition) is 3. The number of benzene rings is 6. The molecule has 0 unspecified atom stereocenters. The Morgan fingerprint density at radius 1 is 0.791 bits per heavy atom. The normalized spacial score (nSPS) is 11.8. The predicted octanol–water partition coefficient (Wildman–Crippen LogP) is 3.39. The Morgan fingerprint density at radius 2 is 1.57 bits per heavy atom. The number of anilines is 1. The third-order valence-corrected chi connectivity index (χ3v) is 12.4. The monoisotopic (exact) mass is 931 g/mol. The van der Waals surface area contributed by atoms with Gasteiger partial charge < -0.3 is 50.1 Å². The summed E-state index contributed by atoms with van der Waals surface area (Å²) in [6, 6.07) is 37.5. The van der Waals surface area contributed by atoms with Gasteiger partial charge in [-0.1, -0.05) is 111 Å². The van der Waals surface area contributed by atoms with Crippen molar-refractivity contribution in [2.24, 2.45) is 4.99 Å². The Kier molecular flexibility index (Phi) is 15.7. The van der Waals surface area contributed by atoms with Crippen molar-refractivity contribution in [2.75, 3.05) is 45.3 Å². The number of aryl methyl sites for hydroxylation is 1. The van der Waals surface area contributed by atoms with E-state index in [4.69, 9.17) is 21.9 Å². The number of rotatable bonds is 16. The van der Waals surface area contributed by atoms with Crippen LogP contribution in [0.15, 0.2) is 130 Å². The molecule has 0 aromatic heterocycles. The summed E-state index contributed by atoms with van der Waals surface area (Å²) in [4.78, 5) is 44.2. The first-order chi connectivity index (χ1) is 32.3. The Morgan fingerprint density at radius 3 is 2.34 bits per heavy atom. The molecule has 0 spiro atoms. The summed E-state index contributed by atoms with van der Waals surface area (Å²) in [5.74, 6) is -2.10. The molecule has 67 heavy (non-hydrogen) atoms. The molecule has 3 N–H and O–H groups in total. The van der Waals surface area contributed by atoms with E-state index in [1.54, 1.807) is 30.0 Å². The van der Waals surface area contributed by atoms with Crippen LogP contribution in [0.5, 0.6) is 11.5 Å². The lowest BCUT2D eigenvalue weighted by atomic mass is 9.88. The zero-order chi connectivity index (χ0) is 47.6. The van der Waals surface area contributed by atoms with E-state index in [2.05, 4.69) is 101 Å².